The Morgan fingerprint density at radius 3 is 2.83 bits per heavy atom. The molecule has 2 saturated heterocycles. The second-order valence-electron chi connectivity index (χ2n) is 8.27. The number of hydrogen-bond donors (Lipinski definition) is 2. The van der Waals surface area contributed by atoms with Crippen molar-refractivity contribution in [3.8, 4) is 0 Å². The summed E-state index contributed by atoms with van der Waals surface area (Å²) in [6.45, 7) is 10.5. The average Bonchev–Trinajstić information content (AvgIpc) is 3.19. The van der Waals surface area contributed by atoms with Crippen LogP contribution in [0.25, 0.3) is 0 Å². The van der Waals surface area contributed by atoms with E-state index < -0.39 is 0 Å². The Kier molecular flexibility index (Phi) is 8.06. The number of nitrogens with zero attached hydrogens (tertiary/aromatic N) is 4. The van der Waals surface area contributed by atoms with Crippen LogP contribution >= 0.6 is 0 Å². The molecule has 2 N–H and O–H groups in total. The largest absolute Gasteiger partial charge is 0.379 e. The SMILES string of the molecule is CN=C(NCC(CC(C)C)N1CCOCC1)NC1CCN(c2ncccc2F)C1. The van der Waals surface area contributed by atoms with E-state index in [1.165, 1.54) is 6.07 Å². The number of pyridine rings is 1. The molecule has 2 atom stereocenters. The van der Waals surface area contributed by atoms with Gasteiger partial charge in [0, 0.05) is 58.1 Å². The lowest BCUT2D eigenvalue weighted by Gasteiger charge is -2.36. The van der Waals surface area contributed by atoms with Gasteiger partial charge in [-0.25, -0.2) is 9.37 Å². The maximum Gasteiger partial charge on any atom is 0.191 e. The van der Waals surface area contributed by atoms with Crippen LogP contribution in [0, 0.1) is 11.7 Å². The molecule has 8 heteroatoms. The fourth-order valence-electron chi connectivity index (χ4n) is 4.13. The van der Waals surface area contributed by atoms with Crippen LogP contribution in [0.15, 0.2) is 23.3 Å². The van der Waals surface area contributed by atoms with Crippen LogP contribution in [0.1, 0.15) is 26.7 Å². The van der Waals surface area contributed by atoms with Gasteiger partial charge < -0.3 is 20.3 Å². The molecule has 3 rings (SSSR count). The molecule has 0 aromatic carbocycles. The number of aromatic nitrogens is 1. The van der Waals surface area contributed by atoms with Crippen molar-refractivity contribution >= 4 is 11.8 Å². The van der Waals surface area contributed by atoms with Gasteiger partial charge in [0.05, 0.1) is 13.2 Å². The molecule has 2 aliphatic rings. The Hall–Kier alpha value is -1.93. The number of halogens is 1. The molecule has 1 aromatic heterocycles. The average molecular weight is 407 g/mol. The minimum atomic E-state index is -0.266. The van der Waals surface area contributed by atoms with Gasteiger partial charge in [-0.3, -0.25) is 9.89 Å². The van der Waals surface area contributed by atoms with Crippen LogP contribution < -0.4 is 15.5 Å². The normalized spacial score (nSPS) is 22.2. The van der Waals surface area contributed by atoms with E-state index in [0.29, 0.717) is 24.3 Å². The predicted molar refractivity (Wildman–Crippen MR) is 115 cm³/mol. The number of guanidine groups is 1. The summed E-state index contributed by atoms with van der Waals surface area (Å²) < 4.78 is 19.5. The molecular weight excluding hydrogens is 371 g/mol. The zero-order valence-corrected chi connectivity index (χ0v) is 17.9. The highest BCUT2D eigenvalue weighted by Crippen LogP contribution is 2.20. The molecule has 3 heterocycles. The lowest BCUT2D eigenvalue weighted by Crippen LogP contribution is -2.52. The van der Waals surface area contributed by atoms with Crippen LogP contribution in [0.3, 0.4) is 0 Å². The van der Waals surface area contributed by atoms with Gasteiger partial charge in [-0.2, -0.15) is 0 Å². The first-order valence-corrected chi connectivity index (χ1v) is 10.7. The molecule has 2 fully saturated rings. The minimum absolute atomic E-state index is 0.217. The smallest absolute Gasteiger partial charge is 0.191 e. The number of hydrogen-bond acceptors (Lipinski definition) is 5. The van der Waals surface area contributed by atoms with Gasteiger partial charge in [0.15, 0.2) is 17.6 Å². The highest BCUT2D eigenvalue weighted by Gasteiger charge is 2.27. The number of rotatable bonds is 7. The lowest BCUT2D eigenvalue weighted by molar-refractivity contribution is 0.0132. The summed E-state index contributed by atoms with van der Waals surface area (Å²) in [7, 11) is 1.80. The summed E-state index contributed by atoms with van der Waals surface area (Å²) in [4.78, 5) is 13.1. The Labute approximate surface area is 173 Å². The molecule has 0 saturated carbocycles. The number of nitrogens with one attached hydrogen (secondary N) is 2. The number of ether oxygens (including phenoxy) is 1. The third-order valence-electron chi connectivity index (χ3n) is 5.60. The maximum absolute atomic E-state index is 14.0. The van der Waals surface area contributed by atoms with Crippen molar-refractivity contribution in [2.24, 2.45) is 10.9 Å². The zero-order valence-electron chi connectivity index (χ0n) is 17.9. The summed E-state index contributed by atoms with van der Waals surface area (Å²) in [5, 5.41) is 7.01. The first kappa shape index (κ1) is 21.8. The van der Waals surface area contributed by atoms with E-state index in [9.17, 15) is 4.39 Å². The lowest BCUT2D eigenvalue weighted by atomic mass is 10.0. The predicted octanol–water partition coefficient (Wildman–Crippen LogP) is 1.71. The first-order chi connectivity index (χ1) is 14.1. The van der Waals surface area contributed by atoms with E-state index in [4.69, 9.17) is 4.74 Å². The molecule has 0 radical (unpaired) electrons. The summed E-state index contributed by atoms with van der Waals surface area (Å²) in [6.07, 6.45) is 3.70. The quantitative estimate of drug-likeness (QED) is 0.531. The number of anilines is 1. The third kappa shape index (κ3) is 6.27. The molecule has 7 nitrogen and oxygen atoms in total. The maximum atomic E-state index is 14.0. The summed E-state index contributed by atoms with van der Waals surface area (Å²) >= 11 is 0. The van der Waals surface area contributed by atoms with Crippen LogP contribution in [-0.2, 0) is 4.74 Å². The van der Waals surface area contributed by atoms with E-state index in [1.54, 1.807) is 19.3 Å². The Morgan fingerprint density at radius 1 is 1.34 bits per heavy atom. The van der Waals surface area contributed by atoms with Crippen LogP contribution in [0.2, 0.25) is 0 Å². The Morgan fingerprint density at radius 2 is 2.14 bits per heavy atom. The molecule has 162 valence electrons. The summed E-state index contributed by atoms with van der Waals surface area (Å²) in [6, 6.07) is 3.76. The third-order valence-corrected chi connectivity index (χ3v) is 5.60. The van der Waals surface area contributed by atoms with Gasteiger partial charge >= 0.3 is 0 Å². The molecule has 2 unspecified atom stereocenters. The molecular formula is C21H35FN6O. The molecule has 0 amide bonds. The van der Waals surface area contributed by atoms with Crippen molar-refractivity contribution < 1.29 is 9.13 Å². The first-order valence-electron chi connectivity index (χ1n) is 10.7. The number of morpholine rings is 1. The molecule has 0 spiro atoms. The van der Waals surface area contributed by atoms with E-state index in [1.807, 2.05) is 4.90 Å². The van der Waals surface area contributed by atoms with Crippen molar-refractivity contribution in [2.45, 2.75) is 38.8 Å². The van der Waals surface area contributed by atoms with Crippen molar-refractivity contribution in [1.29, 1.82) is 0 Å². The van der Waals surface area contributed by atoms with Gasteiger partial charge in [0.25, 0.3) is 0 Å². The fourth-order valence-corrected chi connectivity index (χ4v) is 4.13. The molecule has 0 bridgehead atoms. The van der Waals surface area contributed by atoms with Crippen molar-refractivity contribution in [1.82, 2.24) is 20.5 Å². The minimum Gasteiger partial charge on any atom is -0.379 e. The number of aliphatic imine (C=N–C) groups is 1. The van der Waals surface area contributed by atoms with Gasteiger partial charge in [0.2, 0.25) is 0 Å². The molecule has 0 aliphatic carbocycles. The summed E-state index contributed by atoms with van der Waals surface area (Å²) in [5.74, 6) is 1.61. The van der Waals surface area contributed by atoms with Crippen LogP contribution in [-0.4, -0.2) is 80.9 Å². The highest BCUT2D eigenvalue weighted by molar-refractivity contribution is 5.80. The Bertz CT molecular complexity index is 664. The second kappa shape index (κ2) is 10.7. The van der Waals surface area contributed by atoms with Gasteiger partial charge in [0.1, 0.15) is 0 Å². The highest BCUT2D eigenvalue weighted by atomic mass is 19.1. The van der Waals surface area contributed by atoms with E-state index in [0.717, 1.165) is 58.2 Å². The van der Waals surface area contributed by atoms with E-state index >= 15 is 0 Å². The summed E-state index contributed by atoms with van der Waals surface area (Å²) in [5.41, 5.74) is 0. The fraction of sp³-hybridized carbons (Fsp3) is 0.714. The van der Waals surface area contributed by atoms with Gasteiger partial charge in [-0.15, -0.1) is 0 Å². The van der Waals surface area contributed by atoms with Crippen molar-refractivity contribution in [3.63, 3.8) is 0 Å². The van der Waals surface area contributed by atoms with Crippen molar-refractivity contribution in [2.75, 3.05) is 57.9 Å². The van der Waals surface area contributed by atoms with Gasteiger partial charge in [-0.05, 0) is 30.9 Å². The second-order valence-corrected chi connectivity index (χ2v) is 8.27. The zero-order chi connectivity index (χ0) is 20.6. The van der Waals surface area contributed by atoms with Crippen LogP contribution in [0.4, 0.5) is 10.2 Å². The monoisotopic (exact) mass is 406 g/mol. The standard InChI is InChI=1S/C21H35FN6O/c1-16(2)13-18(27-9-11-29-12-10-27)14-25-21(23-3)26-17-6-8-28(15-17)20-19(22)5-4-7-24-20/h4-5,7,16-18H,6,8-15H2,1-3H3,(H2,23,25,26). The Balaban J connectivity index is 1.51. The van der Waals surface area contributed by atoms with Crippen LogP contribution in [0.5, 0.6) is 0 Å². The molecule has 29 heavy (non-hydrogen) atoms. The molecule has 2 aliphatic heterocycles. The van der Waals surface area contributed by atoms with Crippen molar-refractivity contribution in [3.05, 3.63) is 24.1 Å². The van der Waals surface area contributed by atoms with E-state index in [2.05, 4.69) is 39.4 Å². The van der Waals surface area contributed by atoms with E-state index in [-0.39, 0.29) is 11.9 Å². The molecule has 1 aromatic rings. The van der Waals surface area contributed by atoms with Gasteiger partial charge in [-0.1, -0.05) is 13.8 Å². The topological polar surface area (TPSA) is 65.0 Å².